The maximum absolute atomic E-state index is 9.06. The van der Waals surface area contributed by atoms with Crippen molar-refractivity contribution in [1.29, 1.82) is 0 Å². The highest BCUT2D eigenvalue weighted by Crippen LogP contribution is 2.31. The zero-order valence-corrected chi connectivity index (χ0v) is 12.6. The third kappa shape index (κ3) is 3.14. The van der Waals surface area contributed by atoms with Gasteiger partial charge in [-0.2, -0.15) is 0 Å². The molecule has 1 N–H and O–H groups in total. The summed E-state index contributed by atoms with van der Waals surface area (Å²) in [4.78, 5) is 0. The Labute approximate surface area is 129 Å². The van der Waals surface area contributed by atoms with Crippen molar-refractivity contribution >= 4 is 11.6 Å². The Bertz CT molecular complexity index is 654. The van der Waals surface area contributed by atoms with Crippen LogP contribution in [0.2, 0.25) is 5.02 Å². The van der Waals surface area contributed by atoms with Crippen LogP contribution in [0.4, 0.5) is 0 Å². The smallest absolute Gasteiger partial charge is 0.138 e. The van der Waals surface area contributed by atoms with Gasteiger partial charge >= 0.3 is 0 Å². The van der Waals surface area contributed by atoms with E-state index in [4.69, 9.17) is 26.2 Å². The van der Waals surface area contributed by atoms with Gasteiger partial charge in [0.2, 0.25) is 0 Å². The Morgan fingerprint density at radius 1 is 1.29 bits per heavy atom. The minimum atomic E-state index is -0.0274. The molecule has 0 spiro atoms. The molecular weight excluding hydrogens is 288 g/mol. The van der Waals surface area contributed by atoms with E-state index in [-0.39, 0.29) is 12.7 Å². The number of halogens is 1. The number of ether oxygens (including phenoxy) is 2. The summed E-state index contributed by atoms with van der Waals surface area (Å²) in [5, 5.41) is 9.57. The first kappa shape index (κ1) is 14.2. The summed E-state index contributed by atoms with van der Waals surface area (Å²) < 4.78 is 11.6. The first-order chi connectivity index (χ1) is 10.2. The van der Waals surface area contributed by atoms with E-state index in [1.165, 1.54) is 11.1 Å². The number of fused-ring (bicyclic) bond motifs is 1. The molecule has 0 amide bonds. The van der Waals surface area contributed by atoms with Gasteiger partial charge in [0.25, 0.3) is 0 Å². The zero-order valence-electron chi connectivity index (χ0n) is 11.8. The van der Waals surface area contributed by atoms with E-state index in [0.29, 0.717) is 17.4 Å². The second-order valence-corrected chi connectivity index (χ2v) is 5.70. The lowest BCUT2D eigenvalue weighted by Crippen LogP contribution is -2.22. The van der Waals surface area contributed by atoms with Gasteiger partial charge in [-0.05, 0) is 36.2 Å². The first-order valence-electron chi connectivity index (χ1n) is 6.94. The molecule has 21 heavy (non-hydrogen) atoms. The molecule has 0 fully saturated rings. The predicted octanol–water partition coefficient (Wildman–Crippen LogP) is 3.52. The van der Waals surface area contributed by atoms with Gasteiger partial charge in [0.1, 0.15) is 24.2 Å². The van der Waals surface area contributed by atoms with Crippen molar-refractivity contribution in [3.8, 4) is 11.5 Å². The number of hydrogen-bond acceptors (Lipinski definition) is 3. The van der Waals surface area contributed by atoms with Crippen LogP contribution in [0.5, 0.6) is 11.5 Å². The quantitative estimate of drug-likeness (QED) is 0.939. The summed E-state index contributed by atoms with van der Waals surface area (Å²) in [5.41, 5.74) is 3.24. The maximum Gasteiger partial charge on any atom is 0.138 e. The van der Waals surface area contributed by atoms with Crippen LogP contribution in [-0.2, 0) is 13.0 Å². The van der Waals surface area contributed by atoms with Crippen LogP contribution in [0.15, 0.2) is 36.4 Å². The summed E-state index contributed by atoms with van der Waals surface area (Å²) in [6, 6.07) is 11.5. The molecule has 2 aromatic rings. The van der Waals surface area contributed by atoms with Gasteiger partial charge in [0.15, 0.2) is 0 Å². The lowest BCUT2D eigenvalue weighted by molar-refractivity contribution is 0.148. The molecule has 0 aliphatic carbocycles. The lowest BCUT2D eigenvalue weighted by Gasteiger charge is -2.13. The normalized spacial score (nSPS) is 16.4. The van der Waals surface area contributed by atoms with E-state index in [9.17, 15) is 0 Å². The van der Waals surface area contributed by atoms with Crippen molar-refractivity contribution in [2.24, 2.45) is 0 Å². The molecule has 1 heterocycles. The standard InChI is InChI=1S/C17H17ClO3/c1-11-2-4-16-13(6-11)8-14(21-16)10-20-17-5-3-12(9-19)7-15(17)18/h2-7,14,19H,8-10H2,1H3. The maximum atomic E-state index is 9.06. The number of rotatable bonds is 4. The van der Waals surface area contributed by atoms with E-state index in [1.54, 1.807) is 18.2 Å². The van der Waals surface area contributed by atoms with E-state index >= 15 is 0 Å². The van der Waals surface area contributed by atoms with Crippen molar-refractivity contribution < 1.29 is 14.6 Å². The Balaban J connectivity index is 1.62. The molecule has 3 nitrogen and oxygen atoms in total. The Morgan fingerprint density at radius 3 is 2.90 bits per heavy atom. The number of aliphatic hydroxyl groups is 1. The van der Waals surface area contributed by atoms with Crippen LogP contribution in [0.1, 0.15) is 16.7 Å². The SMILES string of the molecule is Cc1ccc2c(c1)CC(COc1ccc(CO)cc1Cl)O2. The highest BCUT2D eigenvalue weighted by Gasteiger charge is 2.23. The topological polar surface area (TPSA) is 38.7 Å². The zero-order chi connectivity index (χ0) is 14.8. The largest absolute Gasteiger partial charge is 0.488 e. The molecule has 1 aliphatic heterocycles. The van der Waals surface area contributed by atoms with Gasteiger partial charge in [0, 0.05) is 6.42 Å². The van der Waals surface area contributed by atoms with E-state index in [2.05, 4.69) is 13.0 Å². The molecule has 1 unspecified atom stereocenters. The molecule has 0 saturated carbocycles. The summed E-state index contributed by atoms with van der Waals surface area (Å²) in [7, 11) is 0. The van der Waals surface area contributed by atoms with Crippen LogP contribution < -0.4 is 9.47 Å². The van der Waals surface area contributed by atoms with E-state index in [1.807, 2.05) is 12.1 Å². The predicted molar refractivity (Wildman–Crippen MR) is 82.2 cm³/mol. The van der Waals surface area contributed by atoms with Gasteiger partial charge in [-0.25, -0.2) is 0 Å². The average molecular weight is 305 g/mol. The van der Waals surface area contributed by atoms with Gasteiger partial charge < -0.3 is 14.6 Å². The summed E-state index contributed by atoms with van der Waals surface area (Å²) >= 11 is 6.13. The van der Waals surface area contributed by atoms with Crippen LogP contribution >= 0.6 is 11.6 Å². The second kappa shape index (κ2) is 5.96. The lowest BCUT2D eigenvalue weighted by atomic mass is 10.1. The fourth-order valence-corrected chi connectivity index (χ4v) is 2.74. The highest BCUT2D eigenvalue weighted by atomic mass is 35.5. The van der Waals surface area contributed by atoms with Crippen LogP contribution in [0, 0.1) is 6.92 Å². The fourth-order valence-electron chi connectivity index (χ4n) is 2.48. The van der Waals surface area contributed by atoms with E-state index < -0.39 is 0 Å². The van der Waals surface area contributed by atoms with Gasteiger partial charge in [0.05, 0.1) is 11.6 Å². The molecule has 0 radical (unpaired) electrons. The summed E-state index contributed by atoms with van der Waals surface area (Å²) in [6.07, 6.45) is 0.860. The molecule has 1 aliphatic rings. The Morgan fingerprint density at radius 2 is 2.14 bits per heavy atom. The molecule has 4 heteroatoms. The van der Waals surface area contributed by atoms with Crippen molar-refractivity contribution in [1.82, 2.24) is 0 Å². The third-order valence-corrected chi connectivity index (χ3v) is 3.86. The number of benzene rings is 2. The molecule has 2 aromatic carbocycles. The fraction of sp³-hybridized carbons (Fsp3) is 0.294. The third-order valence-electron chi connectivity index (χ3n) is 3.56. The Hall–Kier alpha value is -1.71. The number of aliphatic hydroxyl groups excluding tert-OH is 1. The van der Waals surface area contributed by atoms with Crippen LogP contribution in [0.25, 0.3) is 0 Å². The van der Waals surface area contributed by atoms with Crippen molar-refractivity contribution in [3.05, 3.63) is 58.1 Å². The van der Waals surface area contributed by atoms with Gasteiger partial charge in [-0.15, -0.1) is 0 Å². The molecule has 1 atom stereocenters. The first-order valence-corrected chi connectivity index (χ1v) is 7.32. The molecule has 0 bridgehead atoms. The minimum Gasteiger partial charge on any atom is -0.488 e. The van der Waals surface area contributed by atoms with Crippen LogP contribution in [0.3, 0.4) is 0 Å². The molecule has 0 aromatic heterocycles. The van der Waals surface area contributed by atoms with Crippen molar-refractivity contribution in [2.75, 3.05) is 6.61 Å². The Kier molecular flexibility index (Phi) is 4.04. The van der Waals surface area contributed by atoms with Crippen LogP contribution in [-0.4, -0.2) is 17.8 Å². The number of aryl methyl sites for hydroxylation is 1. The number of hydrogen-bond donors (Lipinski definition) is 1. The van der Waals surface area contributed by atoms with E-state index in [0.717, 1.165) is 17.7 Å². The van der Waals surface area contributed by atoms with Crippen molar-refractivity contribution in [2.45, 2.75) is 26.1 Å². The minimum absolute atomic E-state index is 0.00962. The molecule has 110 valence electrons. The second-order valence-electron chi connectivity index (χ2n) is 5.29. The van der Waals surface area contributed by atoms with Crippen molar-refractivity contribution in [3.63, 3.8) is 0 Å². The molecular formula is C17H17ClO3. The summed E-state index contributed by atoms with van der Waals surface area (Å²) in [5.74, 6) is 1.56. The van der Waals surface area contributed by atoms with Gasteiger partial charge in [-0.1, -0.05) is 35.4 Å². The monoisotopic (exact) mass is 304 g/mol. The summed E-state index contributed by atoms with van der Waals surface area (Å²) in [6.45, 7) is 2.50. The highest BCUT2D eigenvalue weighted by molar-refractivity contribution is 6.32. The molecule has 3 rings (SSSR count). The average Bonchev–Trinajstić information content (AvgIpc) is 2.87. The molecule has 0 saturated heterocycles. The van der Waals surface area contributed by atoms with Gasteiger partial charge in [-0.3, -0.25) is 0 Å².